The minimum absolute atomic E-state index is 0.0878. The van der Waals surface area contributed by atoms with E-state index in [-0.39, 0.29) is 17.3 Å². The summed E-state index contributed by atoms with van der Waals surface area (Å²) in [6.07, 6.45) is -3.64. The Morgan fingerprint density at radius 3 is 2.33 bits per heavy atom. The molecule has 2 aromatic carbocycles. The molecule has 0 atom stereocenters. The summed E-state index contributed by atoms with van der Waals surface area (Å²) in [5.41, 5.74) is 1.15. The van der Waals surface area contributed by atoms with Crippen molar-refractivity contribution in [2.75, 3.05) is 0 Å². The fraction of sp³-hybridized carbons (Fsp3) is 0.167. The lowest BCUT2D eigenvalue weighted by atomic mass is 10.1. The van der Waals surface area contributed by atoms with Crippen molar-refractivity contribution in [3.8, 4) is 11.4 Å². The Kier molecular flexibility index (Phi) is 4.83. The predicted molar refractivity (Wildman–Crippen MR) is 94.3 cm³/mol. The van der Waals surface area contributed by atoms with E-state index in [1.807, 2.05) is 31.2 Å². The number of hydrogen-bond acceptors (Lipinski definition) is 3. The van der Waals surface area contributed by atoms with Crippen molar-refractivity contribution in [1.29, 1.82) is 0 Å². The van der Waals surface area contributed by atoms with Crippen LogP contribution in [0.2, 0.25) is 0 Å². The van der Waals surface area contributed by atoms with Crippen LogP contribution in [0.5, 0.6) is 0 Å². The van der Waals surface area contributed by atoms with Gasteiger partial charge in [0, 0.05) is 18.3 Å². The highest BCUT2D eigenvalue weighted by molar-refractivity contribution is 7.89. The van der Waals surface area contributed by atoms with Gasteiger partial charge in [0.1, 0.15) is 5.82 Å². The van der Waals surface area contributed by atoms with Crippen molar-refractivity contribution in [2.45, 2.75) is 24.5 Å². The monoisotopic (exact) mass is 395 g/mol. The van der Waals surface area contributed by atoms with Crippen LogP contribution in [0.15, 0.2) is 59.6 Å². The number of primary sulfonamides is 1. The zero-order chi connectivity index (χ0) is 19.8. The largest absolute Gasteiger partial charge is 0.434 e. The van der Waals surface area contributed by atoms with Gasteiger partial charge in [-0.05, 0) is 36.8 Å². The van der Waals surface area contributed by atoms with Crippen LogP contribution in [0.4, 0.5) is 13.2 Å². The van der Waals surface area contributed by atoms with Gasteiger partial charge in [-0.3, -0.25) is 0 Å². The van der Waals surface area contributed by atoms with E-state index >= 15 is 0 Å². The van der Waals surface area contributed by atoms with Crippen LogP contribution in [0.3, 0.4) is 0 Å². The minimum atomic E-state index is -4.59. The Hall–Kier alpha value is -2.65. The molecule has 5 nitrogen and oxygen atoms in total. The number of hydrogen-bond donors (Lipinski definition) is 1. The quantitative estimate of drug-likeness (QED) is 0.734. The topological polar surface area (TPSA) is 78.0 Å². The maximum Gasteiger partial charge on any atom is 0.434 e. The second-order valence-corrected chi connectivity index (χ2v) is 7.70. The SMILES string of the molecule is Cc1cccc(Cn2cc(C(F)(F)F)nc2-c2ccc(S(N)(=O)=O)cc2)c1. The van der Waals surface area contributed by atoms with E-state index in [0.29, 0.717) is 5.56 Å². The highest BCUT2D eigenvalue weighted by Crippen LogP contribution is 2.31. The molecule has 0 saturated carbocycles. The zero-order valence-corrected chi connectivity index (χ0v) is 15.1. The van der Waals surface area contributed by atoms with Gasteiger partial charge in [-0.1, -0.05) is 29.8 Å². The predicted octanol–water partition coefficient (Wildman–Crippen LogP) is 3.57. The maximum atomic E-state index is 13.1. The number of aromatic nitrogens is 2. The summed E-state index contributed by atoms with van der Waals surface area (Å²) < 4.78 is 63.6. The molecule has 0 spiro atoms. The molecule has 0 amide bonds. The summed E-state index contributed by atoms with van der Waals surface area (Å²) >= 11 is 0. The third kappa shape index (κ3) is 4.37. The Labute approximate surface area is 154 Å². The van der Waals surface area contributed by atoms with Gasteiger partial charge in [0.25, 0.3) is 0 Å². The van der Waals surface area contributed by atoms with E-state index in [1.54, 1.807) is 0 Å². The second kappa shape index (κ2) is 6.82. The van der Waals surface area contributed by atoms with Crippen molar-refractivity contribution >= 4 is 10.0 Å². The summed E-state index contributed by atoms with van der Waals surface area (Å²) in [7, 11) is -3.89. The molecule has 2 N–H and O–H groups in total. The van der Waals surface area contributed by atoms with Gasteiger partial charge < -0.3 is 4.57 Å². The van der Waals surface area contributed by atoms with E-state index in [2.05, 4.69) is 4.98 Å². The van der Waals surface area contributed by atoms with E-state index < -0.39 is 21.9 Å². The van der Waals surface area contributed by atoms with Crippen LogP contribution in [0, 0.1) is 6.92 Å². The molecule has 9 heteroatoms. The van der Waals surface area contributed by atoms with Crippen molar-refractivity contribution in [3.05, 3.63) is 71.5 Å². The lowest BCUT2D eigenvalue weighted by molar-refractivity contribution is -0.140. The van der Waals surface area contributed by atoms with Gasteiger partial charge in [0.05, 0.1) is 4.90 Å². The molecule has 0 saturated heterocycles. The minimum Gasteiger partial charge on any atom is -0.326 e. The first kappa shape index (κ1) is 19.1. The maximum absolute atomic E-state index is 13.1. The molecule has 1 heterocycles. The zero-order valence-electron chi connectivity index (χ0n) is 14.2. The fourth-order valence-corrected chi connectivity index (χ4v) is 3.22. The lowest BCUT2D eigenvalue weighted by Gasteiger charge is -2.09. The van der Waals surface area contributed by atoms with Gasteiger partial charge in [0.15, 0.2) is 5.69 Å². The molecule has 0 unspecified atom stereocenters. The fourth-order valence-electron chi connectivity index (χ4n) is 2.70. The molecule has 0 aliphatic rings. The number of sulfonamides is 1. The van der Waals surface area contributed by atoms with Crippen LogP contribution >= 0.6 is 0 Å². The Balaban J connectivity index is 2.06. The normalized spacial score (nSPS) is 12.3. The Bertz CT molecular complexity index is 1070. The number of aryl methyl sites for hydroxylation is 1. The first-order valence-electron chi connectivity index (χ1n) is 7.87. The Morgan fingerprint density at radius 2 is 1.78 bits per heavy atom. The average molecular weight is 395 g/mol. The van der Waals surface area contributed by atoms with Crippen LogP contribution in [-0.4, -0.2) is 18.0 Å². The van der Waals surface area contributed by atoms with Crippen LogP contribution in [0.1, 0.15) is 16.8 Å². The third-order valence-corrected chi connectivity index (χ3v) is 4.87. The molecule has 27 heavy (non-hydrogen) atoms. The van der Waals surface area contributed by atoms with Crippen LogP contribution in [-0.2, 0) is 22.7 Å². The number of rotatable bonds is 4. The van der Waals surface area contributed by atoms with E-state index in [1.165, 1.54) is 28.8 Å². The molecule has 0 radical (unpaired) electrons. The van der Waals surface area contributed by atoms with Crippen LogP contribution < -0.4 is 5.14 Å². The standard InChI is InChI=1S/C18H16F3N3O2S/c1-12-3-2-4-13(9-12)10-24-11-16(18(19,20)21)23-17(24)14-5-7-15(8-6-14)27(22,25)26/h2-9,11H,10H2,1H3,(H2,22,25,26). The molecule has 142 valence electrons. The number of imidazole rings is 1. The molecular formula is C18H16F3N3O2S. The van der Waals surface area contributed by atoms with Gasteiger partial charge in [-0.15, -0.1) is 0 Å². The van der Waals surface area contributed by atoms with Crippen molar-refractivity contribution < 1.29 is 21.6 Å². The highest BCUT2D eigenvalue weighted by Gasteiger charge is 2.35. The first-order chi connectivity index (χ1) is 12.5. The first-order valence-corrected chi connectivity index (χ1v) is 9.42. The van der Waals surface area contributed by atoms with Gasteiger partial charge in [0.2, 0.25) is 10.0 Å². The van der Waals surface area contributed by atoms with E-state index in [0.717, 1.165) is 17.3 Å². The molecule has 3 rings (SSSR count). The Morgan fingerprint density at radius 1 is 1.11 bits per heavy atom. The second-order valence-electron chi connectivity index (χ2n) is 6.13. The lowest BCUT2D eigenvalue weighted by Crippen LogP contribution is -2.11. The third-order valence-electron chi connectivity index (χ3n) is 3.94. The summed E-state index contributed by atoms with van der Waals surface area (Å²) in [4.78, 5) is 3.59. The summed E-state index contributed by atoms with van der Waals surface area (Å²) in [6, 6.07) is 12.7. The number of halogens is 3. The highest BCUT2D eigenvalue weighted by atomic mass is 32.2. The van der Waals surface area contributed by atoms with Gasteiger partial charge in [-0.25, -0.2) is 18.5 Å². The van der Waals surface area contributed by atoms with E-state index in [4.69, 9.17) is 5.14 Å². The summed E-state index contributed by atoms with van der Waals surface area (Å²) in [5.74, 6) is 0.0878. The number of nitrogens with two attached hydrogens (primary N) is 1. The smallest absolute Gasteiger partial charge is 0.326 e. The molecule has 1 aromatic heterocycles. The molecule has 3 aromatic rings. The van der Waals surface area contributed by atoms with Crippen molar-refractivity contribution in [2.24, 2.45) is 5.14 Å². The molecule has 0 bridgehead atoms. The van der Waals surface area contributed by atoms with Gasteiger partial charge in [-0.2, -0.15) is 13.2 Å². The van der Waals surface area contributed by atoms with Crippen LogP contribution in [0.25, 0.3) is 11.4 Å². The molecule has 0 aliphatic carbocycles. The number of benzene rings is 2. The number of alkyl halides is 3. The molecule has 0 aliphatic heterocycles. The average Bonchev–Trinajstić information content (AvgIpc) is 2.98. The summed E-state index contributed by atoms with van der Waals surface area (Å²) in [5, 5.41) is 5.06. The van der Waals surface area contributed by atoms with Gasteiger partial charge >= 0.3 is 6.18 Å². The molecule has 0 fully saturated rings. The van der Waals surface area contributed by atoms with E-state index in [9.17, 15) is 21.6 Å². The molecular weight excluding hydrogens is 379 g/mol. The van der Waals surface area contributed by atoms with Crippen molar-refractivity contribution in [1.82, 2.24) is 9.55 Å². The van der Waals surface area contributed by atoms with Crippen molar-refractivity contribution in [3.63, 3.8) is 0 Å². The summed E-state index contributed by atoms with van der Waals surface area (Å²) in [6.45, 7) is 2.09. The number of nitrogens with zero attached hydrogens (tertiary/aromatic N) is 2.